The second kappa shape index (κ2) is 4.26. The molecule has 0 bridgehead atoms. The van der Waals surface area contributed by atoms with Crippen molar-refractivity contribution in [3.63, 3.8) is 0 Å². The molecule has 110 valence electrons. The summed E-state index contributed by atoms with van der Waals surface area (Å²) in [5, 5.41) is 0. The molecule has 2 fully saturated rings. The molecule has 2 saturated heterocycles. The van der Waals surface area contributed by atoms with Gasteiger partial charge in [0.05, 0.1) is 0 Å². The van der Waals surface area contributed by atoms with E-state index in [1.807, 2.05) is 0 Å². The van der Waals surface area contributed by atoms with Gasteiger partial charge in [-0.3, -0.25) is 9.80 Å². The van der Waals surface area contributed by atoms with Gasteiger partial charge in [-0.2, -0.15) is 13.2 Å². The van der Waals surface area contributed by atoms with Crippen LogP contribution in [0.5, 0.6) is 0 Å². The van der Waals surface area contributed by atoms with Gasteiger partial charge in [0.15, 0.2) is 0 Å². The molecule has 0 aromatic heterocycles. The van der Waals surface area contributed by atoms with Crippen LogP contribution in [-0.4, -0.2) is 59.4 Å². The summed E-state index contributed by atoms with van der Waals surface area (Å²) in [5.74, 6) is 0. The number of halogens is 3. The fourth-order valence-corrected chi connectivity index (χ4v) is 2.44. The van der Waals surface area contributed by atoms with Crippen LogP contribution in [0.4, 0.5) is 18.0 Å². The summed E-state index contributed by atoms with van der Waals surface area (Å²) in [7, 11) is 0. The summed E-state index contributed by atoms with van der Waals surface area (Å²) in [6.07, 6.45) is -4.76. The summed E-state index contributed by atoms with van der Waals surface area (Å²) in [6, 6.07) is 0. The first-order valence-corrected chi connectivity index (χ1v) is 6.31. The number of amides is 1. The zero-order valence-corrected chi connectivity index (χ0v) is 11.4. The van der Waals surface area contributed by atoms with E-state index in [0.717, 1.165) is 4.90 Å². The second-order valence-electron chi connectivity index (χ2n) is 6.36. The first-order chi connectivity index (χ1) is 8.51. The number of likely N-dealkylation sites (tertiary alicyclic amines) is 1. The number of alkyl halides is 3. The molecule has 0 aliphatic carbocycles. The van der Waals surface area contributed by atoms with Crippen LogP contribution in [0, 0.1) is 0 Å². The van der Waals surface area contributed by atoms with Crippen LogP contribution in [0.15, 0.2) is 0 Å². The third-order valence-corrected chi connectivity index (χ3v) is 3.68. The smallest absolute Gasteiger partial charge is 0.410 e. The number of nitrogens with zero attached hydrogens (tertiary/aromatic N) is 2. The van der Waals surface area contributed by atoms with Gasteiger partial charge in [-0.25, -0.2) is 4.79 Å². The van der Waals surface area contributed by atoms with Crippen molar-refractivity contribution in [1.82, 2.24) is 9.80 Å². The van der Waals surface area contributed by atoms with Crippen LogP contribution in [0.1, 0.15) is 27.2 Å². The minimum atomic E-state index is -4.37. The van der Waals surface area contributed by atoms with Crippen LogP contribution in [0.2, 0.25) is 0 Å². The Morgan fingerprint density at radius 3 is 2.26 bits per heavy atom. The Hall–Kier alpha value is -0.980. The average Bonchev–Trinajstić information content (AvgIpc) is 2.14. The lowest BCUT2D eigenvalue weighted by atomic mass is 9.84. The molecule has 2 rings (SSSR count). The van der Waals surface area contributed by atoms with E-state index in [0.29, 0.717) is 19.5 Å². The molecule has 2 aliphatic heterocycles. The van der Waals surface area contributed by atoms with Crippen LogP contribution in [0.3, 0.4) is 0 Å². The van der Waals surface area contributed by atoms with Crippen LogP contribution >= 0.6 is 0 Å². The van der Waals surface area contributed by atoms with Crippen molar-refractivity contribution in [2.24, 2.45) is 0 Å². The summed E-state index contributed by atoms with van der Waals surface area (Å²) in [6.45, 7) is 6.24. The largest absolute Gasteiger partial charge is 0.440 e. The zero-order valence-electron chi connectivity index (χ0n) is 11.4. The summed E-state index contributed by atoms with van der Waals surface area (Å²) in [4.78, 5) is 14.5. The predicted molar refractivity (Wildman–Crippen MR) is 62.8 cm³/mol. The molecule has 0 atom stereocenters. The third kappa shape index (κ3) is 3.13. The van der Waals surface area contributed by atoms with E-state index in [1.165, 1.54) is 0 Å². The number of hydrogen-bond acceptors (Lipinski definition) is 3. The molecule has 0 N–H and O–H groups in total. The SMILES string of the molecule is CC(C)(C)N1CC2(CCN(CC(F)(F)F)C(=O)O2)C1. The van der Waals surface area contributed by atoms with Gasteiger partial charge >= 0.3 is 12.3 Å². The number of hydrogen-bond donors (Lipinski definition) is 0. The molecule has 0 saturated carbocycles. The Balaban J connectivity index is 1.90. The van der Waals surface area contributed by atoms with Crippen molar-refractivity contribution in [3.8, 4) is 0 Å². The molecule has 1 spiro atoms. The maximum Gasteiger partial charge on any atom is 0.410 e. The Morgan fingerprint density at radius 2 is 1.84 bits per heavy atom. The van der Waals surface area contributed by atoms with Gasteiger partial charge in [0.2, 0.25) is 0 Å². The normalized spacial score (nSPS) is 24.3. The molecule has 0 unspecified atom stereocenters. The van der Waals surface area contributed by atoms with E-state index < -0.39 is 24.4 Å². The highest BCUT2D eigenvalue weighted by atomic mass is 19.4. The van der Waals surface area contributed by atoms with Crippen LogP contribution < -0.4 is 0 Å². The van der Waals surface area contributed by atoms with Crippen molar-refractivity contribution < 1.29 is 22.7 Å². The standard InChI is InChI=1S/C12H19F3N2O2/c1-10(2,3)17-6-11(7-17)4-5-16(9(18)19-11)8-12(13,14)15/h4-8H2,1-3H3. The first-order valence-electron chi connectivity index (χ1n) is 6.31. The van der Waals surface area contributed by atoms with E-state index >= 15 is 0 Å². The molecule has 0 aromatic carbocycles. The molecular formula is C12H19F3N2O2. The highest BCUT2D eigenvalue weighted by molar-refractivity contribution is 5.69. The molecule has 0 aromatic rings. The Bertz CT molecular complexity index is 370. The number of ether oxygens (including phenoxy) is 1. The Morgan fingerprint density at radius 1 is 1.26 bits per heavy atom. The van der Waals surface area contributed by atoms with E-state index in [4.69, 9.17) is 4.74 Å². The number of carbonyl (C=O) groups is 1. The van der Waals surface area contributed by atoms with Gasteiger partial charge in [0.25, 0.3) is 0 Å². The average molecular weight is 280 g/mol. The van der Waals surface area contributed by atoms with Gasteiger partial charge in [0.1, 0.15) is 12.1 Å². The lowest BCUT2D eigenvalue weighted by molar-refractivity contribution is -0.182. The lowest BCUT2D eigenvalue weighted by Crippen LogP contribution is -2.71. The minimum Gasteiger partial charge on any atom is -0.440 e. The minimum absolute atomic E-state index is 0.0131. The van der Waals surface area contributed by atoms with E-state index in [1.54, 1.807) is 0 Å². The fraction of sp³-hybridized carbons (Fsp3) is 0.917. The van der Waals surface area contributed by atoms with Crippen molar-refractivity contribution in [2.45, 2.75) is 44.5 Å². The molecule has 0 radical (unpaired) electrons. The molecule has 2 heterocycles. The summed E-state index contributed by atoms with van der Waals surface area (Å²) < 4.78 is 42.0. The Kier molecular flexibility index (Phi) is 3.24. The van der Waals surface area contributed by atoms with E-state index in [-0.39, 0.29) is 12.1 Å². The maximum atomic E-state index is 12.3. The van der Waals surface area contributed by atoms with Gasteiger partial charge in [-0.1, -0.05) is 0 Å². The monoisotopic (exact) mass is 280 g/mol. The van der Waals surface area contributed by atoms with Gasteiger partial charge in [-0.15, -0.1) is 0 Å². The zero-order chi connectivity index (χ0) is 14.5. The van der Waals surface area contributed by atoms with Gasteiger partial charge < -0.3 is 4.74 Å². The van der Waals surface area contributed by atoms with Gasteiger partial charge in [-0.05, 0) is 20.8 Å². The number of rotatable bonds is 1. The molecule has 7 heteroatoms. The van der Waals surface area contributed by atoms with E-state index in [9.17, 15) is 18.0 Å². The van der Waals surface area contributed by atoms with Crippen LogP contribution in [-0.2, 0) is 4.74 Å². The Labute approximate surface area is 110 Å². The summed E-state index contributed by atoms with van der Waals surface area (Å²) >= 11 is 0. The molecular weight excluding hydrogens is 261 g/mol. The molecule has 19 heavy (non-hydrogen) atoms. The first kappa shape index (κ1) is 14.4. The van der Waals surface area contributed by atoms with Crippen molar-refractivity contribution in [2.75, 3.05) is 26.2 Å². The fourth-order valence-electron chi connectivity index (χ4n) is 2.44. The maximum absolute atomic E-state index is 12.3. The predicted octanol–water partition coefficient (Wildman–Crippen LogP) is 2.24. The van der Waals surface area contributed by atoms with Gasteiger partial charge in [0, 0.05) is 31.6 Å². The van der Waals surface area contributed by atoms with Crippen molar-refractivity contribution in [3.05, 3.63) is 0 Å². The molecule has 4 nitrogen and oxygen atoms in total. The van der Waals surface area contributed by atoms with Crippen molar-refractivity contribution in [1.29, 1.82) is 0 Å². The summed E-state index contributed by atoms with van der Waals surface area (Å²) in [5.41, 5.74) is -0.590. The van der Waals surface area contributed by atoms with Crippen LogP contribution in [0.25, 0.3) is 0 Å². The van der Waals surface area contributed by atoms with E-state index in [2.05, 4.69) is 25.7 Å². The third-order valence-electron chi connectivity index (χ3n) is 3.68. The highest BCUT2D eigenvalue weighted by Crippen LogP contribution is 2.37. The molecule has 1 amide bonds. The quantitative estimate of drug-likeness (QED) is 0.738. The highest BCUT2D eigenvalue weighted by Gasteiger charge is 2.53. The number of carbonyl (C=O) groups excluding carboxylic acids is 1. The molecule has 2 aliphatic rings. The van der Waals surface area contributed by atoms with Crippen molar-refractivity contribution >= 4 is 6.09 Å². The second-order valence-corrected chi connectivity index (χ2v) is 6.36. The topological polar surface area (TPSA) is 32.8 Å². The lowest BCUT2D eigenvalue weighted by Gasteiger charge is -2.56.